The van der Waals surface area contributed by atoms with Crippen LogP contribution in [0.25, 0.3) is 16.9 Å². The van der Waals surface area contributed by atoms with Gasteiger partial charge in [-0.3, -0.25) is 4.79 Å². The monoisotopic (exact) mass is 594 g/mol. The number of benzene rings is 4. The second-order valence-corrected chi connectivity index (χ2v) is 9.88. The van der Waals surface area contributed by atoms with Crippen LogP contribution in [0.15, 0.2) is 125 Å². The standard InChI is InChI=1S/C32H27BrN4O3/c1-23(40-30-18-14-27(33)15-19-30)32(38)35-34-20-26-21-37(28-10-6-3-7-11-28)36-31(26)25-12-16-29(17-13-25)39-22-24-8-4-2-5-9-24/h2-21,23H,22H2,1H3,(H,35,38)/b34-20-/t23-/m0/s1. The lowest BCUT2D eigenvalue weighted by Crippen LogP contribution is -2.33. The van der Waals surface area contributed by atoms with Crippen LogP contribution in [-0.2, 0) is 11.4 Å². The molecule has 1 N–H and O–H groups in total. The third-order valence-corrected chi connectivity index (χ3v) is 6.54. The molecule has 0 aliphatic carbocycles. The van der Waals surface area contributed by atoms with Crippen LogP contribution in [0, 0.1) is 0 Å². The first-order valence-electron chi connectivity index (χ1n) is 12.7. The zero-order valence-corrected chi connectivity index (χ0v) is 23.4. The first-order chi connectivity index (χ1) is 19.5. The Labute approximate surface area is 241 Å². The first kappa shape index (κ1) is 26.9. The number of rotatable bonds is 10. The van der Waals surface area contributed by atoms with Gasteiger partial charge in [-0.15, -0.1) is 0 Å². The number of hydrazone groups is 1. The molecule has 0 saturated heterocycles. The van der Waals surface area contributed by atoms with Crippen LogP contribution in [0.4, 0.5) is 0 Å². The highest BCUT2D eigenvalue weighted by atomic mass is 79.9. The summed E-state index contributed by atoms with van der Waals surface area (Å²) in [6.07, 6.45) is 2.74. The van der Waals surface area contributed by atoms with Crippen molar-refractivity contribution in [2.45, 2.75) is 19.6 Å². The minimum atomic E-state index is -0.728. The van der Waals surface area contributed by atoms with Crippen molar-refractivity contribution in [1.29, 1.82) is 0 Å². The predicted octanol–water partition coefficient (Wildman–Crippen LogP) is 6.80. The molecule has 1 atom stereocenters. The number of hydrogen-bond donors (Lipinski definition) is 1. The van der Waals surface area contributed by atoms with Crippen LogP contribution >= 0.6 is 15.9 Å². The van der Waals surface area contributed by atoms with Gasteiger partial charge in [0.1, 0.15) is 23.8 Å². The Kier molecular flexibility index (Phi) is 8.68. The van der Waals surface area contributed by atoms with Gasteiger partial charge in [0, 0.05) is 21.8 Å². The molecule has 0 fully saturated rings. The molecule has 0 unspecified atom stereocenters. The van der Waals surface area contributed by atoms with Gasteiger partial charge in [-0.25, -0.2) is 10.1 Å². The largest absolute Gasteiger partial charge is 0.489 e. The fourth-order valence-electron chi connectivity index (χ4n) is 3.90. The summed E-state index contributed by atoms with van der Waals surface area (Å²) in [7, 11) is 0. The van der Waals surface area contributed by atoms with E-state index in [9.17, 15) is 4.79 Å². The summed E-state index contributed by atoms with van der Waals surface area (Å²) < 4.78 is 14.4. The Morgan fingerprint density at radius 3 is 2.27 bits per heavy atom. The van der Waals surface area contributed by atoms with E-state index in [1.807, 2.05) is 103 Å². The Balaban J connectivity index is 1.31. The Hall–Kier alpha value is -4.69. The lowest BCUT2D eigenvalue weighted by Gasteiger charge is -2.12. The van der Waals surface area contributed by atoms with E-state index in [0.29, 0.717) is 12.4 Å². The van der Waals surface area contributed by atoms with Gasteiger partial charge in [-0.1, -0.05) is 64.5 Å². The summed E-state index contributed by atoms with van der Waals surface area (Å²) in [6.45, 7) is 2.16. The van der Waals surface area contributed by atoms with E-state index in [4.69, 9.17) is 14.6 Å². The van der Waals surface area contributed by atoms with Crippen molar-refractivity contribution in [2.75, 3.05) is 0 Å². The number of para-hydroxylation sites is 1. The Morgan fingerprint density at radius 2 is 1.57 bits per heavy atom. The van der Waals surface area contributed by atoms with Crippen LogP contribution in [0.1, 0.15) is 18.1 Å². The number of amides is 1. The topological polar surface area (TPSA) is 77.7 Å². The van der Waals surface area contributed by atoms with Gasteiger partial charge in [0.15, 0.2) is 6.10 Å². The average molecular weight is 595 g/mol. The smallest absolute Gasteiger partial charge is 0.280 e. The third kappa shape index (κ3) is 7.03. The quantitative estimate of drug-likeness (QED) is 0.142. The number of halogens is 1. The third-order valence-electron chi connectivity index (χ3n) is 6.01. The zero-order chi connectivity index (χ0) is 27.7. The van der Waals surface area contributed by atoms with E-state index >= 15 is 0 Å². The van der Waals surface area contributed by atoms with E-state index < -0.39 is 6.10 Å². The van der Waals surface area contributed by atoms with Crippen molar-refractivity contribution in [1.82, 2.24) is 15.2 Å². The van der Waals surface area contributed by atoms with E-state index in [-0.39, 0.29) is 5.91 Å². The van der Waals surface area contributed by atoms with Crippen LogP contribution in [0.5, 0.6) is 11.5 Å². The molecule has 0 spiro atoms. The molecule has 1 aromatic heterocycles. The van der Waals surface area contributed by atoms with E-state index in [1.165, 1.54) is 0 Å². The molecule has 0 saturated carbocycles. The highest BCUT2D eigenvalue weighted by Gasteiger charge is 2.15. The molecule has 0 aliphatic rings. The molecular weight excluding hydrogens is 568 g/mol. The summed E-state index contributed by atoms with van der Waals surface area (Å²) in [5.74, 6) is 0.992. The molecule has 0 aliphatic heterocycles. The van der Waals surface area contributed by atoms with E-state index in [2.05, 4.69) is 26.5 Å². The van der Waals surface area contributed by atoms with Gasteiger partial charge in [-0.2, -0.15) is 10.2 Å². The minimum absolute atomic E-state index is 0.365. The second kappa shape index (κ2) is 12.9. The highest BCUT2D eigenvalue weighted by molar-refractivity contribution is 9.10. The van der Waals surface area contributed by atoms with Gasteiger partial charge in [-0.05, 0) is 73.2 Å². The molecule has 200 valence electrons. The normalized spacial score (nSPS) is 11.8. The Morgan fingerprint density at radius 1 is 0.925 bits per heavy atom. The van der Waals surface area contributed by atoms with Crippen LogP contribution in [0.2, 0.25) is 0 Å². The number of carbonyl (C=O) groups excluding carboxylic acids is 1. The number of carbonyl (C=O) groups is 1. The van der Waals surface area contributed by atoms with Crippen molar-refractivity contribution in [3.05, 3.63) is 131 Å². The molecule has 7 nitrogen and oxygen atoms in total. The van der Waals surface area contributed by atoms with Gasteiger partial charge >= 0.3 is 0 Å². The van der Waals surface area contributed by atoms with E-state index in [0.717, 1.165) is 38.3 Å². The minimum Gasteiger partial charge on any atom is -0.489 e. The SMILES string of the molecule is C[C@H](Oc1ccc(Br)cc1)C(=O)N/N=C\c1cn(-c2ccccc2)nc1-c1ccc(OCc2ccccc2)cc1. The molecule has 4 aromatic carbocycles. The fourth-order valence-corrected chi connectivity index (χ4v) is 4.16. The van der Waals surface area contributed by atoms with Crippen molar-refractivity contribution < 1.29 is 14.3 Å². The first-order valence-corrected chi connectivity index (χ1v) is 13.5. The van der Waals surface area contributed by atoms with Crippen molar-refractivity contribution in [3.8, 4) is 28.4 Å². The molecule has 1 heterocycles. The zero-order valence-electron chi connectivity index (χ0n) is 21.8. The lowest BCUT2D eigenvalue weighted by molar-refractivity contribution is -0.127. The predicted molar refractivity (Wildman–Crippen MR) is 160 cm³/mol. The molecular formula is C32H27BrN4O3. The van der Waals surface area contributed by atoms with Crippen molar-refractivity contribution >= 4 is 28.1 Å². The number of nitrogens with zero attached hydrogens (tertiary/aromatic N) is 3. The van der Waals surface area contributed by atoms with Gasteiger partial charge in [0.05, 0.1) is 11.9 Å². The molecule has 0 bridgehead atoms. The molecule has 1 amide bonds. The second-order valence-electron chi connectivity index (χ2n) is 8.96. The Bertz CT molecular complexity index is 1570. The van der Waals surface area contributed by atoms with Crippen LogP contribution < -0.4 is 14.9 Å². The molecule has 0 radical (unpaired) electrons. The maximum atomic E-state index is 12.6. The maximum Gasteiger partial charge on any atom is 0.280 e. The summed E-state index contributed by atoms with van der Waals surface area (Å²) in [4.78, 5) is 12.6. The average Bonchev–Trinajstić information content (AvgIpc) is 3.42. The fraction of sp³-hybridized carbons (Fsp3) is 0.0938. The van der Waals surface area contributed by atoms with Crippen LogP contribution in [-0.4, -0.2) is 28.0 Å². The molecule has 8 heteroatoms. The van der Waals surface area contributed by atoms with E-state index in [1.54, 1.807) is 30.0 Å². The van der Waals surface area contributed by atoms with Crippen LogP contribution in [0.3, 0.4) is 0 Å². The molecule has 5 rings (SSSR count). The van der Waals surface area contributed by atoms with Gasteiger partial charge in [0.25, 0.3) is 5.91 Å². The number of nitrogens with one attached hydrogen (secondary N) is 1. The summed E-state index contributed by atoms with van der Waals surface area (Å²) in [6, 6.07) is 34.9. The van der Waals surface area contributed by atoms with Crippen molar-refractivity contribution in [2.24, 2.45) is 5.10 Å². The van der Waals surface area contributed by atoms with Gasteiger partial charge in [0.2, 0.25) is 0 Å². The summed E-state index contributed by atoms with van der Waals surface area (Å²) in [5, 5.41) is 9.02. The molecule has 40 heavy (non-hydrogen) atoms. The summed E-state index contributed by atoms with van der Waals surface area (Å²) in [5.41, 5.74) is 6.93. The number of ether oxygens (including phenoxy) is 2. The maximum absolute atomic E-state index is 12.6. The highest BCUT2D eigenvalue weighted by Crippen LogP contribution is 2.25. The molecule has 5 aromatic rings. The van der Waals surface area contributed by atoms with Crippen molar-refractivity contribution in [3.63, 3.8) is 0 Å². The van der Waals surface area contributed by atoms with Gasteiger partial charge < -0.3 is 9.47 Å². The number of aromatic nitrogens is 2. The lowest BCUT2D eigenvalue weighted by atomic mass is 10.1. The number of hydrogen-bond acceptors (Lipinski definition) is 5. The summed E-state index contributed by atoms with van der Waals surface area (Å²) >= 11 is 3.39.